The molecule has 0 saturated heterocycles. The van der Waals surface area contributed by atoms with Gasteiger partial charge in [0.1, 0.15) is 5.75 Å². The first kappa shape index (κ1) is 14.1. The van der Waals surface area contributed by atoms with Crippen LogP contribution in [0.4, 0.5) is 0 Å². The zero-order valence-corrected chi connectivity index (χ0v) is 13.9. The van der Waals surface area contributed by atoms with Gasteiger partial charge in [-0.1, -0.05) is 13.8 Å². The van der Waals surface area contributed by atoms with Gasteiger partial charge in [-0.05, 0) is 60.4 Å². The normalized spacial score (nSPS) is 18.1. The zero-order chi connectivity index (χ0) is 13.6. The fourth-order valence-corrected chi connectivity index (χ4v) is 2.97. The van der Waals surface area contributed by atoms with Gasteiger partial charge in [-0.25, -0.2) is 0 Å². The lowest BCUT2D eigenvalue weighted by atomic mass is 9.77. The summed E-state index contributed by atoms with van der Waals surface area (Å²) < 4.78 is 12.8. The highest BCUT2D eigenvalue weighted by molar-refractivity contribution is 14.1. The molecule has 2 rings (SSSR count). The molecule has 0 aliphatic carbocycles. The zero-order valence-electron chi connectivity index (χ0n) is 11.8. The molecule has 0 unspecified atom stereocenters. The van der Waals surface area contributed by atoms with Crippen LogP contribution in [0.15, 0.2) is 12.1 Å². The summed E-state index contributed by atoms with van der Waals surface area (Å²) in [5, 5.41) is 0. The van der Waals surface area contributed by atoms with Crippen molar-refractivity contribution in [3.05, 3.63) is 26.8 Å². The molecule has 1 aliphatic rings. The van der Waals surface area contributed by atoms with Gasteiger partial charge in [-0.3, -0.25) is 0 Å². The third-order valence-corrected chi connectivity index (χ3v) is 4.54. The molecule has 0 saturated carbocycles. The number of fused-ring (bicyclic) bond motifs is 1. The van der Waals surface area contributed by atoms with Crippen molar-refractivity contribution in [1.29, 1.82) is 0 Å². The summed E-state index contributed by atoms with van der Waals surface area (Å²) >= 11 is 2.37. The molecule has 18 heavy (non-hydrogen) atoms. The minimum absolute atomic E-state index is 0.174. The van der Waals surface area contributed by atoms with Crippen molar-refractivity contribution < 1.29 is 9.47 Å². The molecule has 3 heteroatoms. The minimum atomic E-state index is -0.321. The lowest BCUT2D eigenvalue weighted by Crippen LogP contribution is -2.30. The van der Waals surface area contributed by atoms with E-state index in [0.29, 0.717) is 0 Å². The van der Waals surface area contributed by atoms with E-state index in [0.717, 1.165) is 24.3 Å². The van der Waals surface area contributed by atoms with E-state index in [2.05, 4.69) is 62.4 Å². The molecule has 0 fully saturated rings. The lowest BCUT2D eigenvalue weighted by Gasteiger charge is -2.36. The van der Waals surface area contributed by atoms with Crippen LogP contribution in [0.1, 0.15) is 45.2 Å². The van der Waals surface area contributed by atoms with Gasteiger partial charge in [-0.15, -0.1) is 0 Å². The van der Waals surface area contributed by atoms with Gasteiger partial charge in [0.25, 0.3) is 0 Å². The topological polar surface area (TPSA) is 18.5 Å². The molecule has 1 aliphatic heterocycles. The van der Waals surface area contributed by atoms with Crippen LogP contribution >= 0.6 is 22.6 Å². The first-order chi connectivity index (χ1) is 8.28. The Morgan fingerprint density at radius 2 is 2.00 bits per heavy atom. The first-order valence-electron chi connectivity index (χ1n) is 6.30. The van der Waals surface area contributed by atoms with Crippen molar-refractivity contribution in [2.45, 2.75) is 45.1 Å². The fraction of sp³-hybridized carbons (Fsp3) is 0.600. The Hall–Kier alpha value is -0.290. The average molecular weight is 360 g/mol. The molecule has 1 heterocycles. The second-order valence-corrected chi connectivity index (χ2v) is 7.27. The molecule has 1 aromatic carbocycles. The number of hydrogen-bond acceptors (Lipinski definition) is 2. The van der Waals surface area contributed by atoms with Crippen LogP contribution in [-0.2, 0) is 15.8 Å². The van der Waals surface area contributed by atoms with Crippen molar-refractivity contribution in [1.82, 2.24) is 0 Å². The van der Waals surface area contributed by atoms with E-state index in [1.165, 1.54) is 9.13 Å². The maximum atomic E-state index is 5.95. The van der Waals surface area contributed by atoms with Gasteiger partial charge in [0.05, 0.1) is 12.2 Å². The summed E-state index contributed by atoms with van der Waals surface area (Å²) in [6.07, 6.45) is 1.06. The lowest BCUT2D eigenvalue weighted by molar-refractivity contribution is 0.0158. The summed E-state index contributed by atoms with van der Waals surface area (Å²) in [5.74, 6) is 1.03. The van der Waals surface area contributed by atoms with E-state index in [9.17, 15) is 0 Å². The monoisotopic (exact) mass is 360 g/mol. The van der Waals surface area contributed by atoms with E-state index >= 15 is 0 Å². The molecule has 0 aromatic heterocycles. The molecule has 0 atom stereocenters. The van der Waals surface area contributed by atoms with Gasteiger partial charge in [0.15, 0.2) is 0 Å². The van der Waals surface area contributed by atoms with Crippen molar-refractivity contribution in [2.24, 2.45) is 0 Å². The van der Waals surface area contributed by atoms with E-state index in [-0.39, 0.29) is 11.0 Å². The Morgan fingerprint density at radius 1 is 1.33 bits per heavy atom. The summed E-state index contributed by atoms with van der Waals surface area (Å²) in [7, 11) is 1.75. The average Bonchev–Trinajstić information content (AvgIpc) is 2.29. The van der Waals surface area contributed by atoms with E-state index in [1.54, 1.807) is 7.11 Å². The van der Waals surface area contributed by atoms with E-state index in [4.69, 9.17) is 9.47 Å². The molecular formula is C15H21IO2. The largest absolute Gasteiger partial charge is 0.493 e. The number of benzene rings is 1. The SMILES string of the molecule is COC(C)(C)c1cc(I)cc2c1OCCC2(C)C. The Bertz CT molecular complexity index is 464. The van der Waals surface area contributed by atoms with Crippen LogP contribution in [0.25, 0.3) is 0 Å². The predicted octanol–water partition coefficient (Wildman–Crippen LogP) is 4.23. The maximum Gasteiger partial charge on any atom is 0.129 e. The summed E-state index contributed by atoms with van der Waals surface area (Å²) in [5.41, 5.74) is 2.31. The van der Waals surface area contributed by atoms with Crippen LogP contribution in [0.5, 0.6) is 5.75 Å². The first-order valence-corrected chi connectivity index (χ1v) is 7.38. The van der Waals surface area contributed by atoms with Crippen molar-refractivity contribution >= 4 is 22.6 Å². The Labute approximate surface area is 123 Å². The second-order valence-electron chi connectivity index (χ2n) is 6.03. The van der Waals surface area contributed by atoms with Gasteiger partial charge in [0, 0.05) is 21.8 Å². The molecule has 100 valence electrons. The highest BCUT2D eigenvalue weighted by atomic mass is 127. The standard InChI is InChI=1S/C15H21IO2/c1-14(2)6-7-18-13-11(14)8-10(16)9-12(13)15(3,4)17-5/h8-9H,6-7H2,1-5H3. The summed E-state index contributed by atoms with van der Waals surface area (Å²) in [6.45, 7) is 9.53. The third-order valence-electron chi connectivity index (χ3n) is 3.92. The molecule has 0 bridgehead atoms. The number of rotatable bonds is 2. The Balaban J connectivity index is 2.66. The predicted molar refractivity (Wildman–Crippen MR) is 82.3 cm³/mol. The van der Waals surface area contributed by atoms with Crippen LogP contribution < -0.4 is 4.74 Å². The smallest absolute Gasteiger partial charge is 0.129 e. The Kier molecular flexibility index (Phi) is 3.67. The molecule has 0 N–H and O–H groups in total. The maximum absolute atomic E-state index is 5.95. The highest BCUT2D eigenvalue weighted by Gasteiger charge is 2.34. The van der Waals surface area contributed by atoms with Gasteiger partial charge < -0.3 is 9.47 Å². The van der Waals surface area contributed by atoms with Gasteiger partial charge in [0.2, 0.25) is 0 Å². The number of hydrogen-bond donors (Lipinski definition) is 0. The second kappa shape index (κ2) is 4.67. The molecule has 0 radical (unpaired) electrons. The Morgan fingerprint density at radius 3 is 2.61 bits per heavy atom. The van der Waals surface area contributed by atoms with Crippen LogP contribution in [-0.4, -0.2) is 13.7 Å². The molecule has 1 aromatic rings. The quantitative estimate of drug-likeness (QED) is 0.735. The van der Waals surface area contributed by atoms with Crippen LogP contribution in [0.3, 0.4) is 0 Å². The van der Waals surface area contributed by atoms with Gasteiger partial charge in [-0.2, -0.15) is 0 Å². The molecule has 0 spiro atoms. The summed E-state index contributed by atoms with van der Waals surface area (Å²) in [4.78, 5) is 0. The molecule has 0 amide bonds. The number of halogens is 1. The minimum Gasteiger partial charge on any atom is -0.493 e. The molecule has 2 nitrogen and oxygen atoms in total. The van der Waals surface area contributed by atoms with Crippen LogP contribution in [0.2, 0.25) is 0 Å². The van der Waals surface area contributed by atoms with Crippen molar-refractivity contribution in [3.8, 4) is 5.75 Å². The van der Waals surface area contributed by atoms with Gasteiger partial charge >= 0.3 is 0 Å². The summed E-state index contributed by atoms with van der Waals surface area (Å²) in [6, 6.07) is 4.41. The van der Waals surface area contributed by atoms with E-state index in [1.807, 2.05) is 0 Å². The number of methoxy groups -OCH3 is 1. The highest BCUT2D eigenvalue weighted by Crippen LogP contribution is 2.45. The fourth-order valence-electron chi connectivity index (χ4n) is 2.35. The van der Waals surface area contributed by atoms with Crippen LogP contribution in [0, 0.1) is 3.57 Å². The number of ether oxygens (including phenoxy) is 2. The van der Waals surface area contributed by atoms with Crippen molar-refractivity contribution in [3.63, 3.8) is 0 Å². The third kappa shape index (κ3) is 2.39. The van der Waals surface area contributed by atoms with Crippen molar-refractivity contribution in [2.75, 3.05) is 13.7 Å². The van der Waals surface area contributed by atoms with E-state index < -0.39 is 0 Å². The molecular weight excluding hydrogens is 339 g/mol.